The largest absolute Gasteiger partial charge is 0.323 e. The van der Waals surface area contributed by atoms with E-state index in [1.807, 2.05) is 0 Å². The van der Waals surface area contributed by atoms with Crippen LogP contribution in [0.25, 0.3) is 0 Å². The van der Waals surface area contributed by atoms with Gasteiger partial charge in [0.05, 0.1) is 16.2 Å². The number of nitrogens with one attached hydrogen (secondary N) is 2. The van der Waals surface area contributed by atoms with E-state index in [9.17, 15) is 9.59 Å². The molecule has 5 nitrogen and oxygen atoms in total. The second kappa shape index (κ2) is 7.15. The minimum Gasteiger partial charge on any atom is -0.323 e. The number of fused-ring (bicyclic) bond motifs is 1. The number of carbonyl (C=O) groups excluding carboxylic acids is 1. The Morgan fingerprint density at radius 1 is 1.41 bits per heavy atom. The van der Waals surface area contributed by atoms with Gasteiger partial charge in [0.15, 0.2) is 0 Å². The lowest BCUT2D eigenvalue weighted by atomic mass is 9.85. The van der Waals surface area contributed by atoms with Crippen molar-refractivity contribution in [2.45, 2.75) is 44.2 Å². The summed E-state index contributed by atoms with van der Waals surface area (Å²) in [5, 5.41) is 6.37. The molecule has 1 saturated heterocycles. The first-order chi connectivity index (χ1) is 10.0. The molecular formula is C15H21BrClN3O2. The highest BCUT2D eigenvalue weighted by Gasteiger charge is 2.38. The van der Waals surface area contributed by atoms with Crippen molar-refractivity contribution in [3.63, 3.8) is 0 Å². The number of nitrogens with zero attached hydrogens (tertiary/aromatic N) is 1. The molecule has 3 rings (SSSR count). The SMILES string of the molecule is Cl.Cn1cc(NC(=O)C2CC3CCCCC3N2)cc(Br)c1=O. The molecule has 2 fully saturated rings. The zero-order valence-electron chi connectivity index (χ0n) is 12.5. The summed E-state index contributed by atoms with van der Waals surface area (Å²) in [5.41, 5.74) is 0.531. The minimum atomic E-state index is -0.117. The van der Waals surface area contributed by atoms with Crippen molar-refractivity contribution in [1.29, 1.82) is 0 Å². The quantitative estimate of drug-likeness (QED) is 0.815. The van der Waals surface area contributed by atoms with Crippen LogP contribution in [-0.2, 0) is 11.8 Å². The van der Waals surface area contributed by atoms with Gasteiger partial charge >= 0.3 is 0 Å². The first-order valence-corrected chi connectivity index (χ1v) is 8.27. The number of aromatic nitrogens is 1. The Kier molecular flexibility index (Phi) is 5.69. The van der Waals surface area contributed by atoms with Gasteiger partial charge in [-0.1, -0.05) is 12.8 Å². The lowest BCUT2D eigenvalue weighted by Crippen LogP contribution is -2.40. The number of pyridine rings is 1. The van der Waals surface area contributed by atoms with Gasteiger partial charge in [0.1, 0.15) is 0 Å². The van der Waals surface area contributed by atoms with E-state index in [-0.39, 0.29) is 29.9 Å². The van der Waals surface area contributed by atoms with Crippen LogP contribution in [0.5, 0.6) is 0 Å². The number of hydrogen-bond acceptors (Lipinski definition) is 3. The maximum Gasteiger partial charge on any atom is 0.264 e. The highest BCUT2D eigenvalue weighted by molar-refractivity contribution is 9.10. The molecule has 0 aromatic carbocycles. The predicted octanol–water partition coefficient (Wildman–Crippen LogP) is 2.43. The summed E-state index contributed by atoms with van der Waals surface area (Å²) in [6.07, 6.45) is 7.52. The molecule has 7 heteroatoms. The van der Waals surface area contributed by atoms with Crippen molar-refractivity contribution in [2.75, 3.05) is 5.32 Å². The molecule has 3 unspecified atom stereocenters. The number of amides is 1. The van der Waals surface area contributed by atoms with Gasteiger partial charge in [-0.05, 0) is 47.2 Å². The van der Waals surface area contributed by atoms with E-state index in [1.54, 1.807) is 19.3 Å². The van der Waals surface area contributed by atoms with Gasteiger partial charge in [-0.15, -0.1) is 12.4 Å². The third-order valence-corrected chi connectivity index (χ3v) is 5.15. The zero-order chi connectivity index (χ0) is 15.0. The molecule has 2 aliphatic rings. The first kappa shape index (κ1) is 17.5. The molecule has 1 aliphatic heterocycles. The summed E-state index contributed by atoms with van der Waals surface area (Å²) in [4.78, 5) is 24.0. The van der Waals surface area contributed by atoms with Crippen molar-refractivity contribution < 1.29 is 4.79 Å². The molecule has 1 saturated carbocycles. The van der Waals surface area contributed by atoms with E-state index < -0.39 is 0 Å². The van der Waals surface area contributed by atoms with Crippen LogP contribution in [0.1, 0.15) is 32.1 Å². The highest BCUT2D eigenvalue weighted by atomic mass is 79.9. The third-order valence-electron chi connectivity index (χ3n) is 4.59. The van der Waals surface area contributed by atoms with Crippen LogP contribution in [0.2, 0.25) is 0 Å². The molecule has 1 aromatic rings. The fraction of sp³-hybridized carbons (Fsp3) is 0.600. The average Bonchev–Trinajstić information content (AvgIpc) is 2.88. The Bertz CT molecular complexity index is 579. The van der Waals surface area contributed by atoms with E-state index in [1.165, 1.54) is 30.3 Å². The van der Waals surface area contributed by atoms with Crippen molar-refractivity contribution in [2.24, 2.45) is 13.0 Å². The van der Waals surface area contributed by atoms with Gasteiger partial charge in [-0.3, -0.25) is 9.59 Å². The maximum atomic E-state index is 12.4. The molecule has 2 heterocycles. The monoisotopic (exact) mass is 389 g/mol. The van der Waals surface area contributed by atoms with Crippen molar-refractivity contribution in [3.05, 3.63) is 27.1 Å². The Labute approximate surface area is 144 Å². The molecule has 122 valence electrons. The van der Waals surface area contributed by atoms with Crippen molar-refractivity contribution in [1.82, 2.24) is 9.88 Å². The molecule has 0 spiro atoms. The Morgan fingerprint density at radius 2 is 2.14 bits per heavy atom. The van der Waals surface area contributed by atoms with E-state index in [0.29, 0.717) is 22.1 Å². The zero-order valence-corrected chi connectivity index (χ0v) is 14.9. The second-order valence-corrected chi connectivity index (χ2v) is 6.94. The number of anilines is 1. The topological polar surface area (TPSA) is 63.1 Å². The molecule has 1 aliphatic carbocycles. The summed E-state index contributed by atoms with van der Waals surface area (Å²) in [5.74, 6) is 0.635. The molecular weight excluding hydrogens is 370 g/mol. The van der Waals surface area contributed by atoms with E-state index >= 15 is 0 Å². The van der Waals surface area contributed by atoms with Gasteiger partial charge in [-0.2, -0.15) is 0 Å². The van der Waals surface area contributed by atoms with Crippen LogP contribution in [0, 0.1) is 5.92 Å². The van der Waals surface area contributed by atoms with Gasteiger partial charge in [-0.25, -0.2) is 0 Å². The lowest BCUT2D eigenvalue weighted by Gasteiger charge is -2.24. The normalized spacial score (nSPS) is 26.9. The first-order valence-electron chi connectivity index (χ1n) is 7.47. The average molecular weight is 391 g/mol. The molecule has 3 atom stereocenters. The van der Waals surface area contributed by atoms with Gasteiger partial charge in [0, 0.05) is 19.3 Å². The third kappa shape index (κ3) is 3.55. The van der Waals surface area contributed by atoms with Gasteiger partial charge in [0.25, 0.3) is 5.56 Å². The molecule has 0 radical (unpaired) electrons. The Hall–Kier alpha value is -0.850. The van der Waals surface area contributed by atoms with Crippen LogP contribution >= 0.6 is 28.3 Å². The fourth-order valence-electron chi connectivity index (χ4n) is 3.49. The fourth-order valence-corrected chi connectivity index (χ4v) is 4.02. The Balaban J connectivity index is 0.00000176. The predicted molar refractivity (Wildman–Crippen MR) is 92.5 cm³/mol. The molecule has 2 N–H and O–H groups in total. The summed E-state index contributed by atoms with van der Waals surface area (Å²) in [6.45, 7) is 0. The van der Waals surface area contributed by atoms with E-state index in [0.717, 1.165) is 6.42 Å². The number of carbonyl (C=O) groups is 1. The summed E-state index contributed by atoms with van der Waals surface area (Å²) >= 11 is 3.22. The van der Waals surface area contributed by atoms with E-state index in [2.05, 4.69) is 26.6 Å². The summed E-state index contributed by atoms with van der Waals surface area (Å²) in [6, 6.07) is 2.04. The summed E-state index contributed by atoms with van der Waals surface area (Å²) < 4.78 is 1.91. The molecule has 1 aromatic heterocycles. The van der Waals surface area contributed by atoms with Crippen LogP contribution in [0.3, 0.4) is 0 Å². The van der Waals surface area contributed by atoms with Crippen molar-refractivity contribution in [3.8, 4) is 0 Å². The number of aryl methyl sites for hydroxylation is 1. The lowest BCUT2D eigenvalue weighted by molar-refractivity contribution is -0.117. The van der Waals surface area contributed by atoms with Gasteiger partial charge < -0.3 is 15.2 Å². The standard InChI is InChI=1S/C15H20BrN3O2.ClH/c1-19-8-10(7-11(16)15(19)21)17-14(20)13-6-9-4-2-3-5-12(9)18-13;/h7-9,12-13,18H,2-6H2,1H3,(H,17,20);1H. The van der Waals surface area contributed by atoms with E-state index in [4.69, 9.17) is 0 Å². The van der Waals surface area contributed by atoms with Crippen LogP contribution < -0.4 is 16.2 Å². The number of rotatable bonds is 2. The van der Waals surface area contributed by atoms with Crippen LogP contribution in [0.15, 0.2) is 21.5 Å². The molecule has 1 amide bonds. The number of hydrogen-bond donors (Lipinski definition) is 2. The molecule has 22 heavy (non-hydrogen) atoms. The summed E-state index contributed by atoms with van der Waals surface area (Å²) in [7, 11) is 1.67. The Morgan fingerprint density at radius 3 is 2.82 bits per heavy atom. The maximum absolute atomic E-state index is 12.4. The van der Waals surface area contributed by atoms with Gasteiger partial charge in [0.2, 0.25) is 5.91 Å². The van der Waals surface area contributed by atoms with Crippen LogP contribution in [0.4, 0.5) is 5.69 Å². The minimum absolute atomic E-state index is 0. The van der Waals surface area contributed by atoms with Crippen LogP contribution in [-0.4, -0.2) is 22.6 Å². The highest BCUT2D eigenvalue weighted by Crippen LogP contribution is 2.33. The second-order valence-electron chi connectivity index (χ2n) is 6.09. The smallest absolute Gasteiger partial charge is 0.264 e. The molecule has 0 bridgehead atoms. The number of halogens is 2. The van der Waals surface area contributed by atoms with Crippen molar-refractivity contribution >= 4 is 39.9 Å².